The molecule has 0 aliphatic rings. The van der Waals surface area contributed by atoms with E-state index in [0.717, 1.165) is 11.1 Å². The smallest absolute Gasteiger partial charge is 0.305 e. The van der Waals surface area contributed by atoms with Crippen LogP contribution in [-0.2, 0) is 16.0 Å². The summed E-state index contributed by atoms with van der Waals surface area (Å²) in [4.78, 5) is 24.0. The van der Waals surface area contributed by atoms with Crippen molar-refractivity contribution in [3.05, 3.63) is 53.1 Å². The molecule has 1 atom stereocenters. The van der Waals surface area contributed by atoms with Crippen LogP contribution in [0.1, 0.15) is 29.2 Å². The summed E-state index contributed by atoms with van der Waals surface area (Å²) in [5, 5.41) is 12.1. The van der Waals surface area contributed by atoms with Crippen molar-refractivity contribution in [1.29, 1.82) is 0 Å². The first kappa shape index (κ1) is 21.1. The molecule has 2 rings (SSSR count). The van der Waals surface area contributed by atoms with Gasteiger partial charge in [0.05, 0.1) is 40.2 Å². The lowest BCUT2D eigenvalue weighted by Gasteiger charge is -2.21. The summed E-state index contributed by atoms with van der Waals surface area (Å²) in [7, 11) is 4.55. The summed E-state index contributed by atoms with van der Waals surface area (Å²) >= 11 is 0. The van der Waals surface area contributed by atoms with Gasteiger partial charge in [-0.2, -0.15) is 0 Å². The standard InChI is InChI=1S/C21H25NO6/c1-13-5-8-18(27-3)14(9-13)10-20(23)22-17(12-21(24)25)16-7-6-15(26-2)11-19(16)28-4/h5-9,11,17H,10,12H2,1-4H3,(H,22,23)(H,24,25). The number of carboxylic acid groups (broad SMARTS) is 1. The fourth-order valence-electron chi connectivity index (χ4n) is 2.98. The molecule has 28 heavy (non-hydrogen) atoms. The molecule has 2 N–H and O–H groups in total. The van der Waals surface area contributed by atoms with Gasteiger partial charge < -0.3 is 24.6 Å². The quantitative estimate of drug-likeness (QED) is 0.687. The van der Waals surface area contributed by atoms with E-state index in [-0.39, 0.29) is 18.7 Å². The second-order valence-corrected chi connectivity index (χ2v) is 6.32. The van der Waals surface area contributed by atoms with E-state index >= 15 is 0 Å². The monoisotopic (exact) mass is 387 g/mol. The van der Waals surface area contributed by atoms with Gasteiger partial charge >= 0.3 is 5.97 Å². The van der Waals surface area contributed by atoms with E-state index in [1.54, 1.807) is 31.4 Å². The van der Waals surface area contributed by atoms with E-state index < -0.39 is 12.0 Å². The van der Waals surface area contributed by atoms with Crippen molar-refractivity contribution in [2.75, 3.05) is 21.3 Å². The maximum Gasteiger partial charge on any atom is 0.305 e. The highest BCUT2D eigenvalue weighted by molar-refractivity contribution is 5.81. The summed E-state index contributed by atoms with van der Waals surface area (Å²) in [5.74, 6) is 0.284. The zero-order chi connectivity index (χ0) is 20.7. The molecule has 1 unspecified atom stereocenters. The Morgan fingerprint density at radius 3 is 2.32 bits per heavy atom. The number of carboxylic acids is 1. The van der Waals surface area contributed by atoms with E-state index in [0.29, 0.717) is 22.8 Å². The molecule has 0 heterocycles. The lowest BCUT2D eigenvalue weighted by atomic mass is 10.0. The second kappa shape index (κ2) is 9.64. The van der Waals surface area contributed by atoms with Crippen molar-refractivity contribution in [2.24, 2.45) is 0 Å². The summed E-state index contributed by atoms with van der Waals surface area (Å²) in [6.07, 6.45) is -0.210. The Kier molecular flexibility index (Phi) is 7.26. The number of ether oxygens (including phenoxy) is 3. The normalized spacial score (nSPS) is 11.4. The molecule has 0 saturated heterocycles. The molecular weight excluding hydrogens is 362 g/mol. The minimum atomic E-state index is -1.03. The van der Waals surface area contributed by atoms with E-state index in [4.69, 9.17) is 14.2 Å². The van der Waals surface area contributed by atoms with Gasteiger partial charge in [0, 0.05) is 17.2 Å². The van der Waals surface area contributed by atoms with E-state index in [1.807, 2.05) is 19.1 Å². The summed E-state index contributed by atoms with van der Waals surface area (Å²) in [6, 6.07) is 9.87. The average molecular weight is 387 g/mol. The van der Waals surface area contributed by atoms with E-state index in [1.165, 1.54) is 14.2 Å². The molecular formula is C21H25NO6. The number of nitrogens with one attached hydrogen (secondary N) is 1. The van der Waals surface area contributed by atoms with Gasteiger partial charge in [0.15, 0.2) is 0 Å². The molecule has 0 radical (unpaired) electrons. The molecule has 2 aromatic rings. The Labute approximate surface area is 164 Å². The number of aryl methyl sites for hydroxylation is 1. The molecule has 7 heteroatoms. The van der Waals surface area contributed by atoms with Gasteiger partial charge in [-0.05, 0) is 25.1 Å². The van der Waals surface area contributed by atoms with Crippen LogP contribution in [0.4, 0.5) is 0 Å². The van der Waals surface area contributed by atoms with Crippen LogP contribution in [0.3, 0.4) is 0 Å². The van der Waals surface area contributed by atoms with Crippen LogP contribution in [0.25, 0.3) is 0 Å². The largest absolute Gasteiger partial charge is 0.497 e. The van der Waals surface area contributed by atoms with Gasteiger partial charge in [-0.15, -0.1) is 0 Å². The Morgan fingerprint density at radius 1 is 1.00 bits per heavy atom. The number of rotatable bonds is 9. The fourth-order valence-corrected chi connectivity index (χ4v) is 2.98. The zero-order valence-electron chi connectivity index (χ0n) is 16.4. The molecule has 0 aliphatic heterocycles. The third-order valence-corrected chi connectivity index (χ3v) is 4.32. The molecule has 0 aromatic heterocycles. The highest BCUT2D eigenvalue weighted by Crippen LogP contribution is 2.31. The highest BCUT2D eigenvalue weighted by atomic mass is 16.5. The lowest BCUT2D eigenvalue weighted by Crippen LogP contribution is -2.31. The maximum atomic E-state index is 12.7. The molecule has 0 bridgehead atoms. The van der Waals surface area contributed by atoms with Gasteiger partial charge in [-0.1, -0.05) is 17.7 Å². The van der Waals surface area contributed by atoms with Crippen LogP contribution < -0.4 is 19.5 Å². The first-order chi connectivity index (χ1) is 13.4. The predicted octanol–water partition coefficient (Wildman–Crippen LogP) is 2.90. The van der Waals surface area contributed by atoms with Crippen LogP contribution >= 0.6 is 0 Å². The van der Waals surface area contributed by atoms with Crippen molar-refractivity contribution < 1.29 is 28.9 Å². The maximum absolute atomic E-state index is 12.7. The van der Waals surface area contributed by atoms with Crippen molar-refractivity contribution in [3.63, 3.8) is 0 Å². The van der Waals surface area contributed by atoms with Crippen LogP contribution in [-0.4, -0.2) is 38.3 Å². The molecule has 2 aromatic carbocycles. The minimum absolute atomic E-state index is 0.0689. The van der Waals surface area contributed by atoms with E-state index in [9.17, 15) is 14.7 Å². The first-order valence-corrected chi connectivity index (χ1v) is 8.74. The second-order valence-electron chi connectivity index (χ2n) is 6.32. The van der Waals surface area contributed by atoms with Crippen LogP contribution in [0.15, 0.2) is 36.4 Å². The fraction of sp³-hybridized carbons (Fsp3) is 0.333. The zero-order valence-corrected chi connectivity index (χ0v) is 16.4. The van der Waals surface area contributed by atoms with Gasteiger partial charge in [0.2, 0.25) is 5.91 Å². The summed E-state index contributed by atoms with van der Waals surface area (Å²) in [6.45, 7) is 1.93. The number of benzene rings is 2. The first-order valence-electron chi connectivity index (χ1n) is 8.74. The van der Waals surface area contributed by atoms with Crippen molar-refractivity contribution >= 4 is 11.9 Å². The number of hydrogen-bond donors (Lipinski definition) is 2. The summed E-state index contributed by atoms with van der Waals surface area (Å²) in [5.41, 5.74) is 2.30. The number of hydrogen-bond acceptors (Lipinski definition) is 5. The third kappa shape index (κ3) is 5.39. The number of methoxy groups -OCH3 is 3. The Balaban J connectivity index is 2.26. The van der Waals surface area contributed by atoms with Gasteiger partial charge in [-0.3, -0.25) is 9.59 Å². The Hall–Kier alpha value is -3.22. The van der Waals surface area contributed by atoms with Gasteiger partial charge in [0.25, 0.3) is 0 Å². The predicted molar refractivity (Wildman–Crippen MR) is 104 cm³/mol. The molecule has 0 fully saturated rings. The van der Waals surface area contributed by atoms with Crippen molar-refractivity contribution in [3.8, 4) is 17.2 Å². The van der Waals surface area contributed by atoms with Crippen LogP contribution in [0.5, 0.6) is 17.2 Å². The molecule has 0 spiro atoms. The van der Waals surface area contributed by atoms with E-state index in [2.05, 4.69) is 5.32 Å². The number of aliphatic carboxylic acids is 1. The Morgan fingerprint density at radius 2 is 1.71 bits per heavy atom. The average Bonchev–Trinajstić information content (AvgIpc) is 2.66. The molecule has 0 aliphatic carbocycles. The number of carbonyl (C=O) groups excluding carboxylic acids is 1. The Bertz CT molecular complexity index is 849. The number of carbonyl (C=O) groups is 2. The molecule has 0 saturated carbocycles. The minimum Gasteiger partial charge on any atom is -0.497 e. The van der Waals surface area contributed by atoms with Crippen molar-refractivity contribution in [2.45, 2.75) is 25.8 Å². The van der Waals surface area contributed by atoms with Crippen LogP contribution in [0.2, 0.25) is 0 Å². The molecule has 1 amide bonds. The lowest BCUT2D eigenvalue weighted by molar-refractivity contribution is -0.137. The number of amides is 1. The highest BCUT2D eigenvalue weighted by Gasteiger charge is 2.22. The van der Waals surface area contributed by atoms with Crippen LogP contribution in [0, 0.1) is 6.92 Å². The third-order valence-electron chi connectivity index (χ3n) is 4.32. The van der Waals surface area contributed by atoms with Crippen molar-refractivity contribution in [1.82, 2.24) is 5.32 Å². The van der Waals surface area contributed by atoms with Gasteiger partial charge in [-0.25, -0.2) is 0 Å². The summed E-state index contributed by atoms with van der Waals surface area (Å²) < 4.78 is 15.8. The molecule has 7 nitrogen and oxygen atoms in total. The topological polar surface area (TPSA) is 94.1 Å². The molecule has 150 valence electrons. The SMILES string of the molecule is COc1ccc(C(CC(=O)O)NC(=O)Cc2cc(C)ccc2OC)c(OC)c1. The van der Waals surface area contributed by atoms with Gasteiger partial charge in [0.1, 0.15) is 17.2 Å².